The SMILES string of the molecule is C=C(C)CC(NCCC)C1CCC(CC)C1. The molecule has 1 saturated carbocycles. The predicted molar refractivity (Wildman–Crippen MR) is 72.6 cm³/mol. The highest BCUT2D eigenvalue weighted by Crippen LogP contribution is 2.36. The molecule has 16 heavy (non-hydrogen) atoms. The average Bonchev–Trinajstić information content (AvgIpc) is 2.72. The Kier molecular flexibility index (Phi) is 6.12. The van der Waals surface area contributed by atoms with Gasteiger partial charge in [0.1, 0.15) is 0 Å². The van der Waals surface area contributed by atoms with Gasteiger partial charge in [0.25, 0.3) is 0 Å². The fraction of sp³-hybridized carbons (Fsp3) is 0.867. The molecule has 3 atom stereocenters. The van der Waals surface area contributed by atoms with Gasteiger partial charge in [0.2, 0.25) is 0 Å². The van der Waals surface area contributed by atoms with Gasteiger partial charge in [0.15, 0.2) is 0 Å². The van der Waals surface area contributed by atoms with Gasteiger partial charge in [0.05, 0.1) is 0 Å². The molecule has 0 heterocycles. The van der Waals surface area contributed by atoms with Crippen LogP contribution < -0.4 is 5.32 Å². The van der Waals surface area contributed by atoms with Crippen LogP contribution in [0.25, 0.3) is 0 Å². The van der Waals surface area contributed by atoms with Crippen LogP contribution in [0.15, 0.2) is 12.2 Å². The van der Waals surface area contributed by atoms with Gasteiger partial charge in [-0.15, -0.1) is 6.58 Å². The third kappa shape index (κ3) is 4.29. The Balaban J connectivity index is 2.44. The van der Waals surface area contributed by atoms with Gasteiger partial charge in [-0.3, -0.25) is 0 Å². The quantitative estimate of drug-likeness (QED) is 0.639. The second-order valence-corrected chi connectivity index (χ2v) is 5.57. The van der Waals surface area contributed by atoms with Crippen molar-refractivity contribution in [3.8, 4) is 0 Å². The summed E-state index contributed by atoms with van der Waals surface area (Å²) in [6.07, 6.45) is 8.07. The number of hydrogen-bond acceptors (Lipinski definition) is 1. The number of hydrogen-bond donors (Lipinski definition) is 1. The van der Waals surface area contributed by atoms with E-state index >= 15 is 0 Å². The van der Waals surface area contributed by atoms with E-state index in [1.807, 2.05) is 0 Å². The molecule has 0 saturated heterocycles. The molecule has 0 bridgehead atoms. The third-order valence-corrected chi connectivity index (χ3v) is 3.95. The largest absolute Gasteiger partial charge is 0.313 e. The molecular weight excluding hydrogens is 194 g/mol. The van der Waals surface area contributed by atoms with Crippen LogP contribution in [-0.4, -0.2) is 12.6 Å². The zero-order valence-electron chi connectivity index (χ0n) is 11.4. The molecule has 94 valence electrons. The molecule has 0 spiro atoms. The average molecular weight is 223 g/mol. The van der Waals surface area contributed by atoms with Crippen LogP contribution in [0.1, 0.15) is 59.3 Å². The zero-order valence-corrected chi connectivity index (χ0v) is 11.4. The Morgan fingerprint density at radius 1 is 1.38 bits per heavy atom. The second-order valence-electron chi connectivity index (χ2n) is 5.57. The van der Waals surface area contributed by atoms with Crippen molar-refractivity contribution in [3.63, 3.8) is 0 Å². The Hall–Kier alpha value is -0.300. The lowest BCUT2D eigenvalue weighted by atomic mass is 9.91. The van der Waals surface area contributed by atoms with Crippen molar-refractivity contribution >= 4 is 0 Å². The molecule has 1 rings (SSSR count). The molecule has 0 radical (unpaired) electrons. The van der Waals surface area contributed by atoms with E-state index in [0.29, 0.717) is 6.04 Å². The highest BCUT2D eigenvalue weighted by molar-refractivity contribution is 4.96. The first-order chi connectivity index (χ1) is 7.67. The molecule has 0 aromatic rings. The molecule has 3 unspecified atom stereocenters. The normalized spacial score (nSPS) is 26.9. The summed E-state index contributed by atoms with van der Waals surface area (Å²) in [6, 6.07) is 0.689. The summed E-state index contributed by atoms with van der Waals surface area (Å²) in [6.45, 7) is 12.0. The van der Waals surface area contributed by atoms with E-state index < -0.39 is 0 Å². The third-order valence-electron chi connectivity index (χ3n) is 3.95. The van der Waals surface area contributed by atoms with Crippen LogP contribution in [0.5, 0.6) is 0 Å². The lowest BCUT2D eigenvalue weighted by Crippen LogP contribution is -2.36. The Morgan fingerprint density at radius 2 is 2.12 bits per heavy atom. The van der Waals surface area contributed by atoms with Crippen molar-refractivity contribution in [1.29, 1.82) is 0 Å². The second kappa shape index (κ2) is 7.11. The van der Waals surface area contributed by atoms with Crippen LogP contribution in [0.4, 0.5) is 0 Å². The van der Waals surface area contributed by atoms with Crippen molar-refractivity contribution in [2.24, 2.45) is 11.8 Å². The van der Waals surface area contributed by atoms with E-state index in [9.17, 15) is 0 Å². The fourth-order valence-corrected chi connectivity index (χ4v) is 2.96. The summed E-state index contributed by atoms with van der Waals surface area (Å²) in [5, 5.41) is 3.73. The highest BCUT2D eigenvalue weighted by Gasteiger charge is 2.29. The molecule has 0 aromatic carbocycles. The zero-order chi connectivity index (χ0) is 12.0. The molecule has 1 aliphatic carbocycles. The standard InChI is InChI=1S/C15H29N/c1-5-9-16-15(10-12(3)4)14-8-7-13(6-2)11-14/h13-16H,3,5-11H2,1-2,4H3. The van der Waals surface area contributed by atoms with E-state index in [1.54, 1.807) is 0 Å². The van der Waals surface area contributed by atoms with E-state index in [-0.39, 0.29) is 0 Å². The van der Waals surface area contributed by atoms with Gasteiger partial charge in [0, 0.05) is 6.04 Å². The van der Waals surface area contributed by atoms with Gasteiger partial charge in [-0.2, -0.15) is 0 Å². The van der Waals surface area contributed by atoms with Crippen molar-refractivity contribution < 1.29 is 0 Å². The molecule has 1 nitrogen and oxygen atoms in total. The summed E-state index contributed by atoms with van der Waals surface area (Å²) in [5.41, 5.74) is 1.33. The predicted octanol–water partition coefficient (Wildman–Crippen LogP) is 4.15. The molecule has 0 aliphatic heterocycles. The highest BCUT2D eigenvalue weighted by atomic mass is 14.9. The summed E-state index contributed by atoms with van der Waals surface area (Å²) < 4.78 is 0. The van der Waals surface area contributed by atoms with Gasteiger partial charge in [-0.1, -0.05) is 32.3 Å². The summed E-state index contributed by atoms with van der Waals surface area (Å²) in [7, 11) is 0. The lowest BCUT2D eigenvalue weighted by molar-refractivity contribution is 0.343. The number of rotatable bonds is 7. The Morgan fingerprint density at radius 3 is 2.62 bits per heavy atom. The van der Waals surface area contributed by atoms with Crippen LogP contribution in [0, 0.1) is 11.8 Å². The summed E-state index contributed by atoms with van der Waals surface area (Å²) in [4.78, 5) is 0. The van der Waals surface area contributed by atoms with E-state index in [0.717, 1.165) is 18.4 Å². The summed E-state index contributed by atoms with van der Waals surface area (Å²) >= 11 is 0. The van der Waals surface area contributed by atoms with Crippen LogP contribution in [0.2, 0.25) is 0 Å². The molecule has 1 fully saturated rings. The van der Waals surface area contributed by atoms with Gasteiger partial charge < -0.3 is 5.32 Å². The first kappa shape index (κ1) is 13.8. The van der Waals surface area contributed by atoms with E-state index in [2.05, 4.69) is 32.7 Å². The van der Waals surface area contributed by atoms with E-state index in [1.165, 1.54) is 44.1 Å². The maximum Gasteiger partial charge on any atom is 0.0132 e. The number of nitrogens with one attached hydrogen (secondary N) is 1. The van der Waals surface area contributed by atoms with Crippen molar-refractivity contribution in [1.82, 2.24) is 5.32 Å². The Labute approximate surface area is 102 Å². The molecule has 1 N–H and O–H groups in total. The fourth-order valence-electron chi connectivity index (χ4n) is 2.96. The first-order valence-electron chi connectivity index (χ1n) is 7.05. The van der Waals surface area contributed by atoms with Crippen LogP contribution in [0.3, 0.4) is 0 Å². The smallest absolute Gasteiger partial charge is 0.0132 e. The first-order valence-corrected chi connectivity index (χ1v) is 7.05. The van der Waals surface area contributed by atoms with Crippen LogP contribution >= 0.6 is 0 Å². The topological polar surface area (TPSA) is 12.0 Å². The van der Waals surface area contributed by atoms with Crippen molar-refractivity contribution in [3.05, 3.63) is 12.2 Å². The molecule has 0 amide bonds. The van der Waals surface area contributed by atoms with Gasteiger partial charge >= 0.3 is 0 Å². The molecule has 0 aromatic heterocycles. The molecular formula is C15H29N. The monoisotopic (exact) mass is 223 g/mol. The minimum atomic E-state index is 0.689. The van der Waals surface area contributed by atoms with Crippen LogP contribution in [-0.2, 0) is 0 Å². The minimum Gasteiger partial charge on any atom is -0.313 e. The minimum absolute atomic E-state index is 0.689. The molecule has 1 aliphatic rings. The summed E-state index contributed by atoms with van der Waals surface area (Å²) in [5.74, 6) is 1.88. The van der Waals surface area contributed by atoms with Crippen molar-refractivity contribution in [2.75, 3.05) is 6.54 Å². The molecule has 1 heteroatoms. The van der Waals surface area contributed by atoms with E-state index in [4.69, 9.17) is 0 Å². The maximum atomic E-state index is 4.07. The maximum absolute atomic E-state index is 4.07. The van der Waals surface area contributed by atoms with Gasteiger partial charge in [-0.25, -0.2) is 0 Å². The Bertz CT molecular complexity index is 209. The van der Waals surface area contributed by atoms with Crippen molar-refractivity contribution in [2.45, 2.75) is 65.3 Å². The lowest BCUT2D eigenvalue weighted by Gasteiger charge is -2.25. The van der Waals surface area contributed by atoms with Gasteiger partial charge in [-0.05, 0) is 51.0 Å².